The minimum absolute atomic E-state index is 0.00877. The van der Waals surface area contributed by atoms with E-state index in [0.29, 0.717) is 28.1 Å². The Morgan fingerprint density at radius 3 is 2.85 bits per heavy atom. The molecule has 1 fully saturated rings. The Morgan fingerprint density at radius 2 is 2.15 bits per heavy atom. The van der Waals surface area contributed by atoms with Gasteiger partial charge in [0.05, 0.1) is 0 Å². The molecule has 4 rings (SSSR count). The van der Waals surface area contributed by atoms with Crippen LogP contribution in [0.25, 0.3) is 0 Å². The van der Waals surface area contributed by atoms with Crippen molar-refractivity contribution in [2.24, 2.45) is 12.8 Å². The SMILES string of the molecule is Cn1nnnc1Cn1nnnc1SCC1=C(C(=O)O)N2C(=O)C(N)[C@H]2SC1. The highest BCUT2D eigenvalue weighted by Gasteiger charge is 2.51. The molecule has 3 N–H and O–H groups in total. The van der Waals surface area contributed by atoms with Gasteiger partial charge in [-0.1, -0.05) is 11.8 Å². The van der Waals surface area contributed by atoms with Gasteiger partial charge >= 0.3 is 5.97 Å². The molecule has 15 heteroatoms. The van der Waals surface area contributed by atoms with Crippen molar-refractivity contribution in [3.05, 3.63) is 17.1 Å². The maximum absolute atomic E-state index is 12.0. The van der Waals surface area contributed by atoms with E-state index in [9.17, 15) is 14.7 Å². The van der Waals surface area contributed by atoms with Gasteiger partial charge in [-0.05, 0) is 26.4 Å². The number of amides is 1. The van der Waals surface area contributed by atoms with Crippen molar-refractivity contribution in [2.75, 3.05) is 11.5 Å². The Hall–Kier alpha value is -2.52. The van der Waals surface area contributed by atoms with Gasteiger partial charge in [0.1, 0.15) is 23.7 Å². The number of aromatic nitrogens is 8. The number of carboxylic acid groups (broad SMARTS) is 1. The van der Waals surface area contributed by atoms with Crippen LogP contribution in [0.3, 0.4) is 0 Å². The van der Waals surface area contributed by atoms with Crippen molar-refractivity contribution in [1.82, 2.24) is 45.3 Å². The van der Waals surface area contributed by atoms with Crippen molar-refractivity contribution >= 4 is 35.4 Å². The third-order valence-electron chi connectivity index (χ3n) is 4.16. The van der Waals surface area contributed by atoms with Crippen LogP contribution in [0.2, 0.25) is 0 Å². The fourth-order valence-corrected chi connectivity index (χ4v) is 5.07. The third kappa shape index (κ3) is 3.06. The number of tetrazole rings is 2. The van der Waals surface area contributed by atoms with Crippen LogP contribution in [0.15, 0.2) is 16.4 Å². The summed E-state index contributed by atoms with van der Waals surface area (Å²) in [5.74, 6) is -0.123. The van der Waals surface area contributed by atoms with Crippen LogP contribution in [-0.4, -0.2) is 85.2 Å². The Labute approximate surface area is 160 Å². The van der Waals surface area contributed by atoms with Gasteiger partial charge in [-0.2, -0.15) is 0 Å². The predicted octanol–water partition coefficient (Wildman–Crippen LogP) is -2.08. The summed E-state index contributed by atoms with van der Waals surface area (Å²) in [7, 11) is 1.71. The highest BCUT2D eigenvalue weighted by atomic mass is 32.2. The first-order chi connectivity index (χ1) is 13.0. The molecule has 27 heavy (non-hydrogen) atoms. The van der Waals surface area contributed by atoms with E-state index in [2.05, 4.69) is 31.1 Å². The first-order valence-electron chi connectivity index (χ1n) is 7.73. The summed E-state index contributed by atoms with van der Waals surface area (Å²) < 4.78 is 3.04. The molecule has 13 nitrogen and oxygen atoms in total. The van der Waals surface area contributed by atoms with Crippen molar-refractivity contribution in [3.63, 3.8) is 0 Å². The van der Waals surface area contributed by atoms with Crippen molar-refractivity contribution in [2.45, 2.75) is 23.1 Å². The van der Waals surface area contributed by atoms with E-state index in [1.807, 2.05) is 0 Å². The molecule has 0 bridgehead atoms. The van der Waals surface area contributed by atoms with Crippen molar-refractivity contribution in [3.8, 4) is 0 Å². The Bertz CT molecular complexity index is 940. The molecule has 0 aliphatic carbocycles. The van der Waals surface area contributed by atoms with E-state index in [0.717, 1.165) is 0 Å². The monoisotopic (exact) mass is 410 g/mol. The van der Waals surface area contributed by atoms with Gasteiger partial charge in [0.15, 0.2) is 5.82 Å². The van der Waals surface area contributed by atoms with Crippen molar-refractivity contribution < 1.29 is 14.7 Å². The van der Waals surface area contributed by atoms with Gasteiger partial charge < -0.3 is 10.8 Å². The molecule has 2 aliphatic rings. The van der Waals surface area contributed by atoms with Crippen LogP contribution in [-0.2, 0) is 23.2 Å². The quantitative estimate of drug-likeness (QED) is 0.394. The number of nitrogens with two attached hydrogens (primary N) is 1. The largest absolute Gasteiger partial charge is 0.477 e. The van der Waals surface area contributed by atoms with Gasteiger partial charge in [-0.25, -0.2) is 14.2 Å². The number of hydrogen-bond acceptors (Lipinski definition) is 11. The van der Waals surface area contributed by atoms with Gasteiger partial charge in [0.25, 0.3) is 0 Å². The van der Waals surface area contributed by atoms with Gasteiger partial charge in [0, 0.05) is 18.6 Å². The number of carbonyl (C=O) groups excluding carboxylic acids is 1. The van der Waals surface area contributed by atoms with E-state index in [1.165, 1.54) is 37.8 Å². The van der Waals surface area contributed by atoms with E-state index in [4.69, 9.17) is 5.73 Å². The molecule has 142 valence electrons. The summed E-state index contributed by atoms with van der Waals surface area (Å²) in [6, 6.07) is -0.647. The Balaban J connectivity index is 1.52. The minimum atomic E-state index is -1.14. The first kappa shape index (κ1) is 17.9. The molecule has 2 aliphatic heterocycles. The van der Waals surface area contributed by atoms with Crippen LogP contribution in [0.4, 0.5) is 0 Å². The second-order valence-electron chi connectivity index (χ2n) is 5.82. The fraction of sp³-hybridized carbons (Fsp3) is 0.500. The van der Waals surface area contributed by atoms with Gasteiger partial charge in [0.2, 0.25) is 11.1 Å². The molecule has 2 atom stereocenters. The third-order valence-corrected chi connectivity index (χ3v) is 6.57. The Morgan fingerprint density at radius 1 is 1.37 bits per heavy atom. The topological polar surface area (TPSA) is 171 Å². The van der Waals surface area contributed by atoms with Crippen LogP contribution in [0.1, 0.15) is 5.82 Å². The van der Waals surface area contributed by atoms with Crippen molar-refractivity contribution in [1.29, 1.82) is 0 Å². The molecule has 1 unspecified atom stereocenters. The summed E-state index contributed by atoms with van der Waals surface area (Å²) >= 11 is 2.74. The maximum atomic E-state index is 12.0. The Kier molecular flexibility index (Phi) is 4.56. The number of rotatable bonds is 6. The number of nitrogens with zero attached hydrogens (tertiary/aromatic N) is 9. The lowest BCUT2D eigenvalue weighted by molar-refractivity contribution is -0.147. The molecule has 0 radical (unpaired) electrons. The van der Waals surface area contributed by atoms with Gasteiger partial charge in [-0.3, -0.25) is 9.69 Å². The van der Waals surface area contributed by atoms with E-state index in [-0.39, 0.29) is 23.5 Å². The molecule has 1 saturated heterocycles. The molecule has 1 amide bonds. The molecular weight excluding hydrogens is 396 g/mol. The molecule has 2 aromatic rings. The number of fused-ring (bicyclic) bond motifs is 1. The van der Waals surface area contributed by atoms with Crippen LogP contribution in [0.5, 0.6) is 0 Å². The highest BCUT2D eigenvalue weighted by molar-refractivity contribution is 8.01. The summed E-state index contributed by atoms with van der Waals surface area (Å²) in [6.07, 6.45) is 0. The van der Waals surface area contributed by atoms with E-state index >= 15 is 0 Å². The molecule has 4 heterocycles. The number of β-lactam (4-membered cyclic amide) rings is 1. The number of hydrogen-bond donors (Lipinski definition) is 2. The number of carboxylic acids is 1. The predicted molar refractivity (Wildman–Crippen MR) is 92.2 cm³/mol. The molecule has 0 saturated carbocycles. The zero-order valence-electron chi connectivity index (χ0n) is 14.0. The second-order valence-corrected chi connectivity index (χ2v) is 7.87. The fourth-order valence-electron chi connectivity index (χ4n) is 2.76. The van der Waals surface area contributed by atoms with E-state index < -0.39 is 12.0 Å². The molecule has 0 aromatic carbocycles. The maximum Gasteiger partial charge on any atom is 0.352 e. The van der Waals surface area contributed by atoms with Crippen LogP contribution >= 0.6 is 23.5 Å². The zero-order chi connectivity index (χ0) is 19.1. The number of aryl methyl sites for hydroxylation is 1. The minimum Gasteiger partial charge on any atom is -0.477 e. The highest BCUT2D eigenvalue weighted by Crippen LogP contribution is 2.40. The smallest absolute Gasteiger partial charge is 0.352 e. The first-order valence-corrected chi connectivity index (χ1v) is 9.76. The summed E-state index contributed by atoms with van der Waals surface area (Å²) in [4.78, 5) is 25.0. The lowest BCUT2D eigenvalue weighted by Crippen LogP contribution is -2.68. The number of carbonyl (C=O) groups is 2. The normalized spacial score (nSPS) is 22.0. The van der Waals surface area contributed by atoms with Gasteiger partial charge in [-0.15, -0.1) is 22.0 Å². The van der Waals surface area contributed by atoms with Crippen LogP contribution in [0, 0.1) is 0 Å². The average Bonchev–Trinajstić information content (AvgIpc) is 3.27. The van der Waals surface area contributed by atoms with E-state index in [1.54, 1.807) is 7.05 Å². The standard InChI is InChI=1S/C12H14N10O3S2/c1-20-6(14-16-18-20)2-21-12(15-17-19-21)27-4-5-3-26-10-7(13)9(23)22(10)8(5)11(24)25/h7,10H,2-4,13H2,1H3,(H,24,25)/t7?,10-/m1/s1. The second kappa shape index (κ2) is 6.90. The molecular formula is C12H14N10O3S2. The zero-order valence-corrected chi connectivity index (χ0v) is 15.6. The molecule has 2 aromatic heterocycles. The van der Waals surface area contributed by atoms with Crippen LogP contribution < -0.4 is 5.73 Å². The number of aliphatic carboxylic acids is 1. The lowest BCUT2D eigenvalue weighted by Gasteiger charge is -2.48. The lowest BCUT2D eigenvalue weighted by atomic mass is 10.0. The summed E-state index contributed by atoms with van der Waals surface area (Å²) in [5, 5.41) is 32.5. The average molecular weight is 410 g/mol. The summed E-state index contributed by atoms with van der Waals surface area (Å²) in [6.45, 7) is 0.278. The molecule has 0 spiro atoms. The number of thioether (sulfide) groups is 2. The summed E-state index contributed by atoms with van der Waals surface area (Å²) in [5.41, 5.74) is 6.39.